The molecule has 0 radical (unpaired) electrons. The summed E-state index contributed by atoms with van der Waals surface area (Å²) in [5.41, 5.74) is 1.05. The van der Waals surface area contributed by atoms with Crippen LogP contribution < -0.4 is 10.6 Å². The Labute approximate surface area is 158 Å². The quantitative estimate of drug-likeness (QED) is 0.768. The van der Waals surface area contributed by atoms with Crippen molar-refractivity contribution in [3.63, 3.8) is 0 Å². The standard InChI is InChI=1S/C19H25ClN2O4/c20-15-6-4-14(5-7-15)8-11-21-17(23)18(24)22-12-16-13-25-19(26-16)9-2-1-3-10-19/h4-7,16H,1-3,8-13H2,(H,21,23)(H,22,24)/t16-/m1/s1. The third-order valence-electron chi connectivity index (χ3n) is 4.84. The number of amides is 2. The number of hydrogen-bond donors (Lipinski definition) is 2. The SMILES string of the molecule is O=C(NCCc1ccc(Cl)cc1)C(=O)NC[C@@H]1COC2(CCCCC2)O1. The second kappa shape index (κ2) is 8.84. The van der Waals surface area contributed by atoms with Crippen molar-refractivity contribution >= 4 is 23.4 Å². The van der Waals surface area contributed by atoms with Gasteiger partial charge in [0.1, 0.15) is 6.10 Å². The van der Waals surface area contributed by atoms with E-state index in [2.05, 4.69) is 10.6 Å². The van der Waals surface area contributed by atoms with E-state index in [1.165, 1.54) is 6.42 Å². The fourth-order valence-electron chi connectivity index (χ4n) is 3.41. The maximum atomic E-state index is 11.9. The van der Waals surface area contributed by atoms with Crippen LogP contribution in [0.1, 0.15) is 37.7 Å². The minimum Gasteiger partial charge on any atom is -0.348 e. The van der Waals surface area contributed by atoms with Gasteiger partial charge in [-0.2, -0.15) is 0 Å². The fraction of sp³-hybridized carbons (Fsp3) is 0.579. The normalized spacial score (nSPS) is 21.5. The second-order valence-corrected chi connectivity index (χ2v) is 7.30. The van der Waals surface area contributed by atoms with Gasteiger partial charge in [0.2, 0.25) is 0 Å². The van der Waals surface area contributed by atoms with Crippen LogP contribution in [0.15, 0.2) is 24.3 Å². The van der Waals surface area contributed by atoms with Gasteiger partial charge in [-0.3, -0.25) is 9.59 Å². The summed E-state index contributed by atoms with van der Waals surface area (Å²) in [5, 5.41) is 5.92. The fourth-order valence-corrected chi connectivity index (χ4v) is 3.53. The molecule has 0 unspecified atom stereocenters. The number of hydrogen-bond acceptors (Lipinski definition) is 4. The molecule has 7 heteroatoms. The van der Waals surface area contributed by atoms with Gasteiger partial charge < -0.3 is 20.1 Å². The smallest absolute Gasteiger partial charge is 0.309 e. The van der Waals surface area contributed by atoms with Crippen molar-refractivity contribution in [3.8, 4) is 0 Å². The predicted molar refractivity (Wildman–Crippen MR) is 97.8 cm³/mol. The zero-order valence-electron chi connectivity index (χ0n) is 14.8. The van der Waals surface area contributed by atoms with Gasteiger partial charge >= 0.3 is 11.8 Å². The molecule has 2 amide bonds. The molecule has 1 saturated heterocycles. The highest BCUT2D eigenvalue weighted by atomic mass is 35.5. The Hall–Kier alpha value is -1.63. The number of ether oxygens (including phenoxy) is 2. The summed E-state index contributed by atoms with van der Waals surface area (Å²) >= 11 is 5.83. The van der Waals surface area contributed by atoms with Crippen LogP contribution in [-0.4, -0.2) is 43.4 Å². The third kappa shape index (κ3) is 5.19. The first kappa shape index (κ1) is 19.1. The summed E-state index contributed by atoms with van der Waals surface area (Å²) in [4.78, 5) is 23.8. The molecule has 1 heterocycles. The van der Waals surface area contributed by atoms with Crippen molar-refractivity contribution in [2.45, 2.75) is 50.4 Å². The molecular formula is C19H25ClN2O4. The maximum Gasteiger partial charge on any atom is 0.309 e. The molecule has 1 atom stereocenters. The van der Waals surface area contributed by atoms with Gasteiger partial charge in [-0.25, -0.2) is 0 Å². The van der Waals surface area contributed by atoms with E-state index in [1.54, 1.807) is 12.1 Å². The van der Waals surface area contributed by atoms with Gasteiger partial charge in [-0.1, -0.05) is 30.2 Å². The first-order valence-corrected chi connectivity index (χ1v) is 9.56. The summed E-state index contributed by atoms with van der Waals surface area (Å²) in [7, 11) is 0. The molecule has 26 heavy (non-hydrogen) atoms. The minimum absolute atomic E-state index is 0.195. The van der Waals surface area contributed by atoms with E-state index in [4.69, 9.17) is 21.1 Å². The molecule has 2 N–H and O–H groups in total. The molecule has 3 rings (SSSR count). The summed E-state index contributed by atoms with van der Waals surface area (Å²) in [5.74, 6) is -1.74. The largest absolute Gasteiger partial charge is 0.348 e. The molecule has 1 saturated carbocycles. The number of halogens is 1. The monoisotopic (exact) mass is 380 g/mol. The van der Waals surface area contributed by atoms with Crippen LogP contribution in [0.25, 0.3) is 0 Å². The molecular weight excluding hydrogens is 356 g/mol. The molecule has 1 aromatic rings. The lowest BCUT2D eigenvalue weighted by Crippen LogP contribution is -2.44. The van der Waals surface area contributed by atoms with Crippen molar-refractivity contribution in [2.75, 3.05) is 19.7 Å². The number of carbonyl (C=O) groups is 2. The van der Waals surface area contributed by atoms with Crippen molar-refractivity contribution in [1.29, 1.82) is 0 Å². The van der Waals surface area contributed by atoms with Gasteiger partial charge in [0.15, 0.2) is 5.79 Å². The van der Waals surface area contributed by atoms with Crippen molar-refractivity contribution < 1.29 is 19.1 Å². The first-order chi connectivity index (χ1) is 12.6. The average Bonchev–Trinajstić information content (AvgIpc) is 3.04. The van der Waals surface area contributed by atoms with Crippen molar-refractivity contribution in [1.82, 2.24) is 10.6 Å². The van der Waals surface area contributed by atoms with Crippen LogP contribution in [0.4, 0.5) is 0 Å². The zero-order valence-corrected chi connectivity index (χ0v) is 15.5. The van der Waals surface area contributed by atoms with E-state index in [0.717, 1.165) is 31.2 Å². The molecule has 6 nitrogen and oxygen atoms in total. The number of rotatable bonds is 5. The molecule has 2 fully saturated rings. The van der Waals surface area contributed by atoms with E-state index in [-0.39, 0.29) is 12.6 Å². The van der Waals surface area contributed by atoms with Crippen molar-refractivity contribution in [2.24, 2.45) is 0 Å². The molecule has 1 spiro atoms. The van der Waals surface area contributed by atoms with Crippen LogP contribution in [-0.2, 0) is 25.5 Å². The van der Waals surface area contributed by atoms with Crippen LogP contribution in [0.2, 0.25) is 5.02 Å². The van der Waals surface area contributed by atoms with E-state index in [0.29, 0.717) is 24.6 Å². The average molecular weight is 381 g/mol. The number of benzene rings is 1. The molecule has 1 aromatic carbocycles. The topological polar surface area (TPSA) is 76.7 Å². The van der Waals surface area contributed by atoms with Gasteiger partial charge in [-0.15, -0.1) is 0 Å². The molecule has 2 aliphatic rings. The lowest BCUT2D eigenvalue weighted by Gasteiger charge is -2.31. The Morgan fingerprint density at radius 1 is 1.08 bits per heavy atom. The van der Waals surface area contributed by atoms with Crippen LogP contribution in [0.5, 0.6) is 0 Å². The summed E-state index contributed by atoms with van der Waals surface area (Å²) < 4.78 is 11.8. The van der Waals surface area contributed by atoms with Crippen LogP contribution in [0, 0.1) is 0 Å². The lowest BCUT2D eigenvalue weighted by atomic mass is 9.94. The second-order valence-electron chi connectivity index (χ2n) is 6.86. The Bertz CT molecular complexity index is 629. The van der Waals surface area contributed by atoms with Gasteiger partial charge in [0.05, 0.1) is 6.61 Å². The molecule has 1 aliphatic heterocycles. The Kier molecular flexibility index (Phi) is 6.51. The predicted octanol–water partition coefficient (Wildman–Crippen LogP) is 2.19. The van der Waals surface area contributed by atoms with Gasteiger partial charge in [0.25, 0.3) is 0 Å². The Morgan fingerprint density at radius 3 is 2.50 bits per heavy atom. The number of nitrogens with one attached hydrogen (secondary N) is 2. The highest BCUT2D eigenvalue weighted by Crippen LogP contribution is 2.37. The lowest BCUT2D eigenvalue weighted by molar-refractivity contribution is -0.186. The molecule has 0 aromatic heterocycles. The molecule has 1 aliphatic carbocycles. The van der Waals surface area contributed by atoms with Crippen LogP contribution in [0.3, 0.4) is 0 Å². The maximum absolute atomic E-state index is 11.9. The first-order valence-electron chi connectivity index (χ1n) is 9.19. The van der Waals surface area contributed by atoms with Gasteiger partial charge in [-0.05, 0) is 37.0 Å². The van der Waals surface area contributed by atoms with Gasteiger partial charge in [0, 0.05) is 31.0 Å². The zero-order chi connectivity index (χ0) is 18.4. The van der Waals surface area contributed by atoms with Crippen LogP contribution >= 0.6 is 11.6 Å². The molecule has 0 bridgehead atoms. The summed E-state index contributed by atoms with van der Waals surface area (Å²) in [6, 6.07) is 7.39. The summed E-state index contributed by atoms with van der Waals surface area (Å²) in [6.07, 6.45) is 5.68. The molecule has 142 valence electrons. The van der Waals surface area contributed by atoms with E-state index in [1.807, 2.05) is 12.1 Å². The Balaban J connectivity index is 1.34. The Morgan fingerprint density at radius 2 is 1.77 bits per heavy atom. The highest BCUT2D eigenvalue weighted by Gasteiger charge is 2.42. The van der Waals surface area contributed by atoms with Crippen molar-refractivity contribution in [3.05, 3.63) is 34.9 Å². The van der Waals surface area contributed by atoms with E-state index in [9.17, 15) is 9.59 Å². The van der Waals surface area contributed by atoms with E-state index >= 15 is 0 Å². The third-order valence-corrected chi connectivity index (χ3v) is 5.09. The van der Waals surface area contributed by atoms with E-state index < -0.39 is 17.6 Å². The number of carbonyl (C=O) groups excluding carboxylic acids is 2. The minimum atomic E-state index is -0.644. The highest BCUT2D eigenvalue weighted by molar-refractivity contribution is 6.35. The summed E-state index contributed by atoms with van der Waals surface area (Å²) in [6.45, 7) is 1.13.